The number of nitrogens with zero attached hydrogens (tertiary/aromatic N) is 4. The molecule has 0 saturated carbocycles. The fourth-order valence-corrected chi connectivity index (χ4v) is 3.38. The van der Waals surface area contributed by atoms with Crippen LogP contribution in [0.3, 0.4) is 0 Å². The molecule has 2 heterocycles. The lowest BCUT2D eigenvalue weighted by Crippen LogP contribution is -2.17. The van der Waals surface area contributed by atoms with Gasteiger partial charge in [-0.1, -0.05) is 30.3 Å². The minimum atomic E-state index is 0.922. The van der Waals surface area contributed by atoms with E-state index in [1.807, 2.05) is 29.9 Å². The zero-order valence-corrected chi connectivity index (χ0v) is 14.2. The molecule has 0 saturated heterocycles. The molecule has 0 radical (unpaired) electrons. The minimum absolute atomic E-state index is 0.922. The Kier molecular flexibility index (Phi) is 4.88. The van der Waals surface area contributed by atoms with Gasteiger partial charge < -0.3 is 5.01 Å². The molecule has 2 aromatic heterocycles. The Hall–Kier alpha value is -2.40. The zero-order valence-electron chi connectivity index (χ0n) is 13.4. The average molecular weight is 324 g/mol. The topological polar surface area (TPSA) is 33.4 Å². The molecule has 0 fully saturated rings. The van der Waals surface area contributed by atoms with E-state index in [0.29, 0.717) is 0 Å². The van der Waals surface area contributed by atoms with Crippen molar-refractivity contribution in [3.8, 4) is 0 Å². The second-order valence-corrected chi connectivity index (χ2v) is 6.42. The zero-order chi connectivity index (χ0) is 16.1. The summed E-state index contributed by atoms with van der Waals surface area (Å²) in [5.74, 6) is 0.922. The van der Waals surface area contributed by atoms with Crippen LogP contribution in [0.4, 0.5) is 0 Å². The number of hydrogen-bond acceptors (Lipinski definition) is 4. The maximum atomic E-state index is 4.66. The summed E-state index contributed by atoms with van der Waals surface area (Å²) in [6.45, 7) is 0. The molecule has 0 atom stereocenters. The highest BCUT2D eigenvalue weighted by Gasteiger charge is 2.14. The first kappa shape index (κ1) is 15.5. The Morgan fingerprint density at radius 1 is 1.17 bits per heavy atom. The third-order valence-electron chi connectivity index (χ3n) is 3.52. The summed E-state index contributed by atoms with van der Waals surface area (Å²) >= 11 is 1.73. The van der Waals surface area contributed by atoms with E-state index in [1.54, 1.807) is 23.9 Å². The number of hydrogen-bond donors (Lipinski definition) is 0. The van der Waals surface area contributed by atoms with Crippen molar-refractivity contribution < 1.29 is 0 Å². The van der Waals surface area contributed by atoms with Crippen LogP contribution in [0.15, 0.2) is 65.6 Å². The normalized spacial score (nSPS) is 11.7. The van der Waals surface area contributed by atoms with Crippen LogP contribution >= 0.6 is 11.3 Å². The van der Waals surface area contributed by atoms with Crippen LogP contribution in [0, 0.1) is 0 Å². The van der Waals surface area contributed by atoms with Gasteiger partial charge in [-0.15, -0.1) is 11.3 Å². The highest BCUT2D eigenvalue weighted by Crippen LogP contribution is 2.21. The minimum Gasteiger partial charge on any atom is -0.301 e. The molecule has 0 aliphatic heterocycles. The van der Waals surface area contributed by atoms with Gasteiger partial charge in [0.2, 0.25) is 0 Å². The number of benzene rings is 1. The van der Waals surface area contributed by atoms with Crippen molar-refractivity contribution >= 4 is 17.2 Å². The SMILES string of the molecule is CN(C)N=C(c1sccc1CCc1ccccc1)n1ccnc1. The molecule has 0 unspecified atom stereocenters. The van der Waals surface area contributed by atoms with Crippen molar-refractivity contribution in [1.29, 1.82) is 0 Å². The van der Waals surface area contributed by atoms with Crippen LogP contribution in [-0.4, -0.2) is 34.5 Å². The van der Waals surface area contributed by atoms with Crippen molar-refractivity contribution in [3.05, 3.63) is 76.5 Å². The molecule has 0 bridgehead atoms. The summed E-state index contributed by atoms with van der Waals surface area (Å²) in [6, 6.07) is 12.8. The highest BCUT2D eigenvalue weighted by atomic mass is 32.1. The molecule has 0 spiro atoms. The highest BCUT2D eigenvalue weighted by molar-refractivity contribution is 7.12. The van der Waals surface area contributed by atoms with E-state index < -0.39 is 0 Å². The largest absolute Gasteiger partial charge is 0.301 e. The van der Waals surface area contributed by atoms with Crippen LogP contribution in [0.1, 0.15) is 16.0 Å². The molecule has 0 N–H and O–H groups in total. The van der Waals surface area contributed by atoms with Crippen LogP contribution in [0.5, 0.6) is 0 Å². The van der Waals surface area contributed by atoms with Gasteiger partial charge in [-0.3, -0.25) is 4.57 Å². The molecule has 3 aromatic rings. The van der Waals surface area contributed by atoms with Gasteiger partial charge in [0.1, 0.15) is 6.33 Å². The summed E-state index contributed by atoms with van der Waals surface area (Å²) in [5, 5.41) is 8.63. The summed E-state index contributed by atoms with van der Waals surface area (Å²) in [5.41, 5.74) is 2.69. The number of rotatable bonds is 5. The summed E-state index contributed by atoms with van der Waals surface area (Å²) < 4.78 is 1.97. The van der Waals surface area contributed by atoms with Gasteiger partial charge in [0.05, 0.1) is 4.88 Å². The van der Waals surface area contributed by atoms with E-state index in [9.17, 15) is 0 Å². The van der Waals surface area contributed by atoms with Crippen molar-refractivity contribution in [1.82, 2.24) is 14.6 Å². The Balaban J connectivity index is 1.86. The van der Waals surface area contributed by atoms with Gasteiger partial charge in [0.15, 0.2) is 5.84 Å². The second kappa shape index (κ2) is 7.24. The molecule has 5 heteroatoms. The van der Waals surface area contributed by atoms with Gasteiger partial charge in [0, 0.05) is 26.5 Å². The Labute approximate surface area is 140 Å². The molecule has 0 aliphatic carbocycles. The third kappa shape index (κ3) is 3.87. The Morgan fingerprint density at radius 2 is 2.00 bits per heavy atom. The van der Waals surface area contributed by atoms with Crippen LogP contribution in [0.25, 0.3) is 0 Å². The van der Waals surface area contributed by atoms with E-state index in [1.165, 1.54) is 16.0 Å². The summed E-state index contributed by atoms with van der Waals surface area (Å²) in [7, 11) is 3.88. The maximum absolute atomic E-state index is 4.66. The van der Waals surface area contributed by atoms with E-state index in [0.717, 1.165) is 18.7 Å². The van der Waals surface area contributed by atoms with Crippen molar-refractivity contribution in [3.63, 3.8) is 0 Å². The number of hydrazone groups is 1. The first-order chi connectivity index (χ1) is 11.2. The molecule has 23 heavy (non-hydrogen) atoms. The molecule has 4 nitrogen and oxygen atoms in total. The van der Waals surface area contributed by atoms with Gasteiger partial charge >= 0.3 is 0 Å². The van der Waals surface area contributed by atoms with Crippen molar-refractivity contribution in [2.45, 2.75) is 12.8 Å². The van der Waals surface area contributed by atoms with Crippen LogP contribution < -0.4 is 0 Å². The second-order valence-electron chi connectivity index (χ2n) is 5.50. The van der Waals surface area contributed by atoms with Crippen molar-refractivity contribution in [2.75, 3.05) is 14.1 Å². The molecule has 0 amide bonds. The monoisotopic (exact) mass is 324 g/mol. The van der Waals surface area contributed by atoms with Crippen molar-refractivity contribution in [2.24, 2.45) is 5.10 Å². The predicted octanol–water partition coefficient (Wildman–Crippen LogP) is 3.50. The van der Waals surface area contributed by atoms with Crippen LogP contribution in [-0.2, 0) is 12.8 Å². The third-order valence-corrected chi connectivity index (χ3v) is 4.47. The fourth-order valence-electron chi connectivity index (χ4n) is 2.44. The molecular formula is C18H20N4S. The number of aryl methyl sites for hydroxylation is 2. The first-order valence-electron chi connectivity index (χ1n) is 7.59. The van der Waals surface area contributed by atoms with Gasteiger partial charge in [-0.2, -0.15) is 5.10 Å². The Bertz CT molecular complexity index is 757. The number of thiophene rings is 1. The van der Waals surface area contributed by atoms with E-state index >= 15 is 0 Å². The van der Waals surface area contributed by atoms with Gasteiger partial charge in [-0.25, -0.2) is 4.98 Å². The number of imidazole rings is 1. The smallest absolute Gasteiger partial charge is 0.175 e. The van der Waals surface area contributed by atoms with E-state index in [-0.39, 0.29) is 0 Å². The first-order valence-corrected chi connectivity index (χ1v) is 8.47. The lowest BCUT2D eigenvalue weighted by Gasteiger charge is -2.12. The predicted molar refractivity (Wildman–Crippen MR) is 96.0 cm³/mol. The lowest BCUT2D eigenvalue weighted by atomic mass is 10.0. The molecular weight excluding hydrogens is 304 g/mol. The Morgan fingerprint density at radius 3 is 2.70 bits per heavy atom. The van der Waals surface area contributed by atoms with Gasteiger partial charge in [0.25, 0.3) is 0 Å². The molecule has 1 aromatic carbocycles. The van der Waals surface area contributed by atoms with Crippen LogP contribution in [0.2, 0.25) is 0 Å². The standard InChI is InChI=1S/C18H20N4S/c1-21(2)20-18(22-12-11-19-14-22)17-16(10-13-23-17)9-8-15-6-4-3-5-7-15/h3-7,10-14H,8-9H2,1-2H3. The summed E-state index contributed by atoms with van der Waals surface area (Å²) in [6.07, 6.45) is 7.54. The summed E-state index contributed by atoms with van der Waals surface area (Å²) in [4.78, 5) is 5.35. The fraction of sp³-hybridized carbons (Fsp3) is 0.222. The van der Waals surface area contributed by atoms with E-state index in [4.69, 9.17) is 0 Å². The molecule has 118 valence electrons. The lowest BCUT2D eigenvalue weighted by molar-refractivity contribution is 0.436. The quantitative estimate of drug-likeness (QED) is 0.409. The maximum Gasteiger partial charge on any atom is 0.175 e. The van der Waals surface area contributed by atoms with Gasteiger partial charge in [-0.05, 0) is 35.4 Å². The molecule has 3 rings (SSSR count). The average Bonchev–Trinajstić information content (AvgIpc) is 3.23. The van der Waals surface area contributed by atoms with E-state index in [2.05, 4.69) is 51.9 Å². The molecule has 0 aliphatic rings. The number of aromatic nitrogens is 2.